The Morgan fingerprint density at radius 3 is 2.78 bits per heavy atom. The molecule has 1 atom stereocenters. The molecular weight excluding hydrogens is 348 g/mol. The summed E-state index contributed by atoms with van der Waals surface area (Å²) in [5.74, 6) is -0.862. The molecule has 0 fully saturated rings. The third kappa shape index (κ3) is 4.69. The van der Waals surface area contributed by atoms with Gasteiger partial charge in [0.25, 0.3) is 11.8 Å². The Morgan fingerprint density at radius 2 is 2.07 bits per heavy atom. The number of benzene rings is 2. The number of nitrogens with one attached hydrogen (secondary N) is 2. The number of ether oxygens (including phenoxy) is 2. The Morgan fingerprint density at radius 1 is 1.26 bits per heavy atom. The highest BCUT2D eigenvalue weighted by Gasteiger charge is 2.28. The number of hydrogen-bond acceptors (Lipinski definition) is 6. The normalized spacial score (nSPS) is 15.6. The zero-order valence-corrected chi connectivity index (χ0v) is 14.6. The van der Waals surface area contributed by atoms with Crippen LogP contribution in [0.15, 0.2) is 58.7 Å². The summed E-state index contributed by atoms with van der Waals surface area (Å²) in [5, 5.41) is 7.39. The highest BCUT2D eigenvalue weighted by atomic mass is 16.5. The third-order valence-corrected chi connectivity index (χ3v) is 3.78. The van der Waals surface area contributed by atoms with Crippen molar-refractivity contribution in [3.05, 3.63) is 59.7 Å². The van der Waals surface area contributed by atoms with Crippen molar-refractivity contribution < 1.29 is 19.1 Å². The zero-order valence-electron chi connectivity index (χ0n) is 14.6. The van der Waals surface area contributed by atoms with Gasteiger partial charge < -0.3 is 9.47 Å². The van der Waals surface area contributed by atoms with Crippen molar-refractivity contribution in [1.29, 1.82) is 0 Å². The van der Waals surface area contributed by atoms with Gasteiger partial charge in [-0.25, -0.2) is 10.9 Å². The van der Waals surface area contributed by atoms with E-state index in [-0.39, 0.29) is 0 Å². The molecule has 0 spiro atoms. The maximum atomic E-state index is 11.8. The van der Waals surface area contributed by atoms with Gasteiger partial charge >= 0.3 is 0 Å². The molecular formula is C19H18N4O4. The Labute approximate surface area is 155 Å². The van der Waals surface area contributed by atoms with Crippen molar-refractivity contribution >= 4 is 24.2 Å². The minimum absolute atomic E-state index is 0.422. The third-order valence-electron chi connectivity index (χ3n) is 3.78. The molecule has 138 valence electrons. The molecule has 0 aliphatic carbocycles. The van der Waals surface area contributed by atoms with Gasteiger partial charge in [0, 0.05) is 6.21 Å². The summed E-state index contributed by atoms with van der Waals surface area (Å²) in [6.07, 6.45) is 2.68. The molecule has 1 aliphatic rings. The standard InChI is InChI=1S/C19H18N4O4/c1-26-17-9-14(10-20-22-18(24)15-11-21-23-19(15)25)7-8-16(17)27-12-13-5-3-2-4-6-13/h2-11,15H,12H2,1H3,(H,22,24)(H,23,25). The number of carbonyl (C=O) groups is 2. The van der Waals surface area contributed by atoms with E-state index in [1.54, 1.807) is 25.3 Å². The van der Waals surface area contributed by atoms with Gasteiger partial charge in [-0.1, -0.05) is 30.3 Å². The van der Waals surface area contributed by atoms with Crippen LogP contribution in [0, 0.1) is 5.92 Å². The molecule has 0 bridgehead atoms. The molecule has 2 aromatic rings. The van der Waals surface area contributed by atoms with Gasteiger partial charge in [0.2, 0.25) is 0 Å². The second kappa shape index (κ2) is 8.61. The molecule has 0 aromatic heterocycles. The molecule has 2 N–H and O–H groups in total. The first-order valence-corrected chi connectivity index (χ1v) is 8.18. The second-order valence-electron chi connectivity index (χ2n) is 5.65. The van der Waals surface area contributed by atoms with Crippen LogP contribution in [0.4, 0.5) is 0 Å². The summed E-state index contributed by atoms with van der Waals surface area (Å²) in [7, 11) is 1.55. The topological polar surface area (TPSA) is 101 Å². The number of amides is 2. The van der Waals surface area contributed by atoms with Crippen molar-refractivity contribution in [3.8, 4) is 11.5 Å². The fourth-order valence-corrected chi connectivity index (χ4v) is 2.36. The molecule has 8 nitrogen and oxygen atoms in total. The van der Waals surface area contributed by atoms with Gasteiger partial charge in [-0.05, 0) is 29.3 Å². The lowest BCUT2D eigenvalue weighted by atomic mass is 10.1. The Kier molecular flexibility index (Phi) is 5.78. The monoisotopic (exact) mass is 366 g/mol. The summed E-state index contributed by atoms with van der Waals surface area (Å²) in [6.45, 7) is 0.422. The quantitative estimate of drug-likeness (QED) is 0.440. The Bertz CT molecular complexity index is 881. The van der Waals surface area contributed by atoms with E-state index in [4.69, 9.17) is 9.47 Å². The molecule has 2 aromatic carbocycles. The van der Waals surface area contributed by atoms with Gasteiger partial charge in [0.15, 0.2) is 17.4 Å². The molecule has 3 rings (SSSR count). The number of carbonyl (C=O) groups excluding carboxylic acids is 2. The molecule has 27 heavy (non-hydrogen) atoms. The fourth-order valence-electron chi connectivity index (χ4n) is 2.36. The van der Waals surface area contributed by atoms with Gasteiger partial charge in [-0.3, -0.25) is 9.59 Å². The lowest BCUT2D eigenvalue weighted by molar-refractivity contribution is -0.131. The van der Waals surface area contributed by atoms with Gasteiger partial charge in [-0.15, -0.1) is 0 Å². The van der Waals surface area contributed by atoms with Crippen molar-refractivity contribution in [2.45, 2.75) is 6.61 Å². The van der Waals surface area contributed by atoms with Crippen molar-refractivity contribution in [2.75, 3.05) is 7.11 Å². The van der Waals surface area contributed by atoms with Crippen LogP contribution >= 0.6 is 0 Å². The maximum absolute atomic E-state index is 11.8. The van der Waals surface area contributed by atoms with E-state index in [9.17, 15) is 9.59 Å². The lowest BCUT2D eigenvalue weighted by Gasteiger charge is -2.11. The average molecular weight is 366 g/mol. The van der Waals surface area contributed by atoms with Crippen LogP contribution in [0.2, 0.25) is 0 Å². The van der Waals surface area contributed by atoms with Crippen molar-refractivity contribution in [2.24, 2.45) is 16.1 Å². The smallest absolute Gasteiger partial charge is 0.258 e. The van der Waals surface area contributed by atoms with Gasteiger partial charge in [-0.2, -0.15) is 10.2 Å². The zero-order chi connectivity index (χ0) is 19.1. The van der Waals surface area contributed by atoms with Crippen LogP contribution in [0.25, 0.3) is 0 Å². The van der Waals surface area contributed by atoms with Crippen LogP contribution in [-0.2, 0) is 16.2 Å². The summed E-state index contributed by atoms with van der Waals surface area (Å²) in [5.41, 5.74) is 6.25. The van der Waals surface area contributed by atoms with E-state index < -0.39 is 17.7 Å². The highest BCUT2D eigenvalue weighted by molar-refractivity contribution is 6.15. The highest BCUT2D eigenvalue weighted by Crippen LogP contribution is 2.28. The summed E-state index contributed by atoms with van der Waals surface area (Å²) in [4.78, 5) is 23.2. The summed E-state index contributed by atoms with van der Waals surface area (Å²) in [6, 6.07) is 15.1. The first-order chi connectivity index (χ1) is 13.2. The number of nitrogens with zero attached hydrogens (tertiary/aromatic N) is 2. The molecule has 1 aliphatic heterocycles. The van der Waals surface area contributed by atoms with Crippen molar-refractivity contribution in [1.82, 2.24) is 10.9 Å². The number of rotatable bonds is 7. The SMILES string of the molecule is COc1cc(C=NNC(=O)C2C=NNC2=O)ccc1OCc1ccccc1. The van der Waals surface area contributed by atoms with E-state index >= 15 is 0 Å². The van der Waals surface area contributed by atoms with Crippen LogP contribution in [0.5, 0.6) is 11.5 Å². The predicted octanol–water partition coefficient (Wildman–Crippen LogP) is 1.46. The molecule has 0 saturated heterocycles. The van der Waals surface area contributed by atoms with Crippen LogP contribution < -0.4 is 20.3 Å². The van der Waals surface area contributed by atoms with Crippen LogP contribution in [-0.4, -0.2) is 31.4 Å². The second-order valence-corrected chi connectivity index (χ2v) is 5.65. The van der Waals surface area contributed by atoms with Gasteiger partial charge in [0.05, 0.1) is 13.3 Å². The summed E-state index contributed by atoms with van der Waals surface area (Å²) >= 11 is 0. The van der Waals surface area contributed by atoms with E-state index in [1.807, 2.05) is 30.3 Å². The molecule has 1 heterocycles. The lowest BCUT2D eigenvalue weighted by Crippen LogP contribution is -2.34. The first-order valence-electron chi connectivity index (χ1n) is 8.18. The minimum Gasteiger partial charge on any atom is -0.493 e. The number of methoxy groups -OCH3 is 1. The largest absolute Gasteiger partial charge is 0.493 e. The molecule has 8 heteroatoms. The minimum atomic E-state index is -0.967. The van der Waals surface area contributed by atoms with E-state index in [2.05, 4.69) is 21.1 Å². The Balaban J connectivity index is 1.60. The van der Waals surface area contributed by atoms with E-state index in [0.29, 0.717) is 23.7 Å². The number of hydrazone groups is 2. The predicted molar refractivity (Wildman–Crippen MR) is 99.6 cm³/mol. The molecule has 2 amide bonds. The fraction of sp³-hybridized carbons (Fsp3) is 0.158. The van der Waals surface area contributed by atoms with Crippen LogP contribution in [0.3, 0.4) is 0 Å². The van der Waals surface area contributed by atoms with Gasteiger partial charge in [0.1, 0.15) is 6.61 Å². The number of hydrogen-bond donors (Lipinski definition) is 2. The average Bonchev–Trinajstić information content (AvgIpc) is 3.13. The van der Waals surface area contributed by atoms with Crippen LogP contribution in [0.1, 0.15) is 11.1 Å². The van der Waals surface area contributed by atoms with E-state index in [0.717, 1.165) is 5.56 Å². The van der Waals surface area contributed by atoms with E-state index in [1.165, 1.54) is 12.4 Å². The molecule has 1 unspecified atom stereocenters. The Hall–Kier alpha value is -3.68. The maximum Gasteiger partial charge on any atom is 0.258 e. The van der Waals surface area contributed by atoms with Crippen molar-refractivity contribution in [3.63, 3.8) is 0 Å². The molecule has 0 radical (unpaired) electrons. The molecule has 0 saturated carbocycles. The first kappa shape index (κ1) is 18.1. The summed E-state index contributed by atoms with van der Waals surface area (Å²) < 4.78 is 11.1.